The van der Waals surface area contributed by atoms with E-state index in [0.717, 1.165) is 0 Å². The molecule has 1 aliphatic rings. The maximum Gasteiger partial charge on any atom is 0.355 e. The normalized spacial score (nSPS) is 13.3. The fraction of sp³-hybridized carbons (Fsp3) is 0.143. The second-order valence-electron chi connectivity index (χ2n) is 5.65. The van der Waals surface area contributed by atoms with Gasteiger partial charge in [0.2, 0.25) is 0 Å². The van der Waals surface area contributed by atoms with Gasteiger partial charge in [-0.05, 0) is 36.4 Å². The molecule has 144 valence electrons. The van der Waals surface area contributed by atoms with E-state index in [-0.39, 0.29) is 17.9 Å². The summed E-state index contributed by atoms with van der Waals surface area (Å²) in [6, 6.07) is 10.7. The highest BCUT2D eigenvalue weighted by molar-refractivity contribution is 6.05. The first-order valence-electron chi connectivity index (χ1n) is 8.45. The molecular formula is C21H19NO6. The lowest BCUT2D eigenvalue weighted by Gasteiger charge is -2.25. The number of esters is 2. The largest absolute Gasteiger partial charge is 0.483 e. The zero-order valence-corrected chi connectivity index (χ0v) is 15.5. The van der Waals surface area contributed by atoms with Crippen molar-refractivity contribution in [3.8, 4) is 5.75 Å². The van der Waals surface area contributed by atoms with Gasteiger partial charge in [-0.1, -0.05) is 18.2 Å². The molecule has 0 unspecified atom stereocenters. The minimum atomic E-state index is -0.683. The second kappa shape index (κ2) is 8.77. The summed E-state index contributed by atoms with van der Waals surface area (Å²) in [5, 5.41) is 0. The van der Waals surface area contributed by atoms with E-state index in [1.165, 1.54) is 25.2 Å². The molecule has 2 aromatic rings. The van der Waals surface area contributed by atoms with Crippen molar-refractivity contribution in [1.82, 2.24) is 0 Å². The zero-order valence-electron chi connectivity index (χ0n) is 15.5. The molecule has 0 aliphatic carbocycles. The number of ether oxygens (including phenoxy) is 3. The van der Waals surface area contributed by atoms with Crippen LogP contribution in [0, 0.1) is 0 Å². The summed E-state index contributed by atoms with van der Waals surface area (Å²) in [6.45, 7) is 0.209. The average Bonchev–Trinajstić information content (AvgIpc) is 3.16. The Morgan fingerprint density at radius 1 is 1.00 bits per heavy atom. The lowest BCUT2D eigenvalue weighted by Crippen LogP contribution is -2.27. The third-order valence-electron chi connectivity index (χ3n) is 3.96. The Kier molecular flexibility index (Phi) is 5.96. The molecule has 7 nitrogen and oxygen atoms in total. The summed E-state index contributed by atoms with van der Waals surface area (Å²) in [5.41, 5.74) is 0.643. The topological polar surface area (TPSA) is 78.2 Å². The number of para-hydroxylation sites is 2. The fourth-order valence-corrected chi connectivity index (χ4v) is 2.67. The molecule has 0 fully saturated rings. The van der Waals surface area contributed by atoms with Gasteiger partial charge in [0.25, 0.3) is 0 Å². The SMILES string of the molecule is COC(=O)C1=C(C(=O)OC)N(c2ccccc2OCc2ccco2)C=CC=C1. The van der Waals surface area contributed by atoms with Gasteiger partial charge in [0.1, 0.15) is 23.8 Å². The van der Waals surface area contributed by atoms with Crippen LogP contribution >= 0.6 is 0 Å². The summed E-state index contributed by atoms with van der Waals surface area (Å²) < 4.78 is 20.9. The Balaban J connectivity index is 2.05. The van der Waals surface area contributed by atoms with E-state index < -0.39 is 11.9 Å². The minimum absolute atomic E-state index is 0.0217. The molecule has 0 amide bonds. The predicted octanol–water partition coefficient (Wildman–Crippen LogP) is 3.35. The van der Waals surface area contributed by atoms with Crippen molar-refractivity contribution in [2.75, 3.05) is 19.1 Å². The maximum atomic E-state index is 12.5. The summed E-state index contributed by atoms with van der Waals surface area (Å²) in [6.07, 6.45) is 8.05. The fourth-order valence-electron chi connectivity index (χ4n) is 2.67. The highest BCUT2D eigenvalue weighted by atomic mass is 16.5. The summed E-state index contributed by atoms with van der Waals surface area (Å²) >= 11 is 0. The number of carbonyl (C=O) groups is 2. The van der Waals surface area contributed by atoms with Gasteiger partial charge in [-0.2, -0.15) is 0 Å². The molecule has 0 saturated heterocycles. The van der Waals surface area contributed by atoms with Crippen molar-refractivity contribution in [3.05, 3.63) is 84.1 Å². The van der Waals surface area contributed by atoms with E-state index >= 15 is 0 Å². The standard InChI is InChI=1S/C21H19NO6/c1-25-20(23)16-9-5-6-12-22(19(16)21(24)26-2)17-10-3-4-11-18(17)28-14-15-8-7-13-27-15/h3-13H,14H2,1-2H3. The van der Waals surface area contributed by atoms with E-state index in [0.29, 0.717) is 17.2 Å². The van der Waals surface area contributed by atoms with Gasteiger partial charge in [0.05, 0.1) is 31.7 Å². The van der Waals surface area contributed by atoms with E-state index in [4.69, 9.17) is 18.6 Å². The van der Waals surface area contributed by atoms with Gasteiger partial charge in [0.15, 0.2) is 0 Å². The van der Waals surface area contributed by atoms with Crippen molar-refractivity contribution in [3.63, 3.8) is 0 Å². The van der Waals surface area contributed by atoms with Crippen LogP contribution in [0.3, 0.4) is 0 Å². The molecule has 28 heavy (non-hydrogen) atoms. The Labute approximate surface area is 162 Å². The van der Waals surface area contributed by atoms with Crippen LogP contribution in [-0.2, 0) is 25.7 Å². The molecule has 1 aliphatic heterocycles. The molecule has 1 aromatic heterocycles. The summed E-state index contributed by atoms with van der Waals surface area (Å²) in [5.74, 6) is -0.185. The zero-order chi connectivity index (χ0) is 19.9. The Bertz CT molecular complexity index is 940. The van der Waals surface area contributed by atoms with Crippen molar-refractivity contribution < 1.29 is 28.2 Å². The van der Waals surface area contributed by atoms with E-state index in [2.05, 4.69) is 0 Å². The minimum Gasteiger partial charge on any atom is -0.483 e. The molecule has 1 aromatic carbocycles. The Morgan fingerprint density at radius 3 is 2.50 bits per heavy atom. The van der Waals surface area contributed by atoms with Crippen LogP contribution in [-0.4, -0.2) is 26.2 Å². The second-order valence-corrected chi connectivity index (χ2v) is 5.65. The molecule has 3 rings (SSSR count). The van der Waals surface area contributed by atoms with Gasteiger partial charge in [-0.15, -0.1) is 0 Å². The highest BCUT2D eigenvalue weighted by Crippen LogP contribution is 2.34. The van der Waals surface area contributed by atoms with Gasteiger partial charge in [-0.25, -0.2) is 9.59 Å². The predicted molar refractivity (Wildman–Crippen MR) is 101 cm³/mol. The van der Waals surface area contributed by atoms with Crippen LogP contribution in [0.1, 0.15) is 5.76 Å². The van der Waals surface area contributed by atoms with Crippen molar-refractivity contribution in [2.24, 2.45) is 0 Å². The number of nitrogens with zero attached hydrogens (tertiary/aromatic N) is 1. The van der Waals surface area contributed by atoms with Crippen LogP contribution in [0.25, 0.3) is 0 Å². The lowest BCUT2D eigenvalue weighted by atomic mass is 10.1. The van der Waals surface area contributed by atoms with Gasteiger partial charge in [0, 0.05) is 6.20 Å². The third-order valence-corrected chi connectivity index (χ3v) is 3.96. The smallest absolute Gasteiger partial charge is 0.355 e. The van der Waals surface area contributed by atoms with Gasteiger partial charge < -0.3 is 23.5 Å². The summed E-state index contributed by atoms with van der Waals surface area (Å²) in [4.78, 5) is 26.3. The average molecular weight is 381 g/mol. The lowest BCUT2D eigenvalue weighted by molar-refractivity contribution is -0.139. The number of hydrogen-bond donors (Lipinski definition) is 0. The number of allylic oxidation sites excluding steroid dienone is 2. The van der Waals surface area contributed by atoms with E-state index in [1.54, 1.807) is 54.9 Å². The van der Waals surface area contributed by atoms with Crippen LogP contribution in [0.5, 0.6) is 5.75 Å². The van der Waals surface area contributed by atoms with Crippen LogP contribution in [0.2, 0.25) is 0 Å². The maximum absolute atomic E-state index is 12.5. The molecule has 0 atom stereocenters. The Hall–Kier alpha value is -3.74. The molecule has 0 bridgehead atoms. The first-order chi connectivity index (χ1) is 13.7. The number of rotatable bonds is 6. The molecule has 0 radical (unpaired) electrons. The third kappa shape index (κ3) is 3.98. The molecule has 2 heterocycles. The quantitative estimate of drug-likeness (QED) is 0.710. The van der Waals surface area contributed by atoms with Crippen molar-refractivity contribution in [1.29, 1.82) is 0 Å². The molecule has 0 saturated carbocycles. The number of benzene rings is 1. The molecule has 0 N–H and O–H groups in total. The monoisotopic (exact) mass is 381 g/mol. The summed E-state index contributed by atoms with van der Waals surface area (Å²) in [7, 11) is 2.50. The Morgan fingerprint density at radius 2 is 1.79 bits per heavy atom. The first-order valence-corrected chi connectivity index (χ1v) is 8.45. The first kappa shape index (κ1) is 19.0. The van der Waals surface area contributed by atoms with Crippen LogP contribution in [0.4, 0.5) is 5.69 Å². The molecule has 7 heteroatoms. The number of hydrogen-bond acceptors (Lipinski definition) is 7. The van der Waals surface area contributed by atoms with Crippen molar-refractivity contribution >= 4 is 17.6 Å². The van der Waals surface area contributed by atoms with Crippen LogP contribution in [0.15, 0.2) is 82.8 Å². The van der Waals surface area contributed by atoms with Crippen LogP contribution < -0.4 is 9.64 Å². The van der Waals surface area contributed by atoms with E-state index in [9.17, 15) is 9.59 Å². The molecular weight excluding hydrogens is 362 g/mol. The van der Waals surface area contributed by atoms with Gasteiger partial charge in [-0.3, -0.25) is 0 Å². The van der Waals surface area contributed by atoms with E-state index in [1.807, 2.05) is 6.07 Å². The highest BCUT2D eigenvalue weighted by Gasteiger charge is 2.28. The van der Waals surface area contributed by atoms with Gasteiger partial charge >= 0.3 is 11.9 Å². The number of furan rings is 1. The number of carbonyl (C=O) groups excluding carboxylic acids is 2. The van der Waals surface area contributed by atoms with Crippen molar-refractivity contribution in [2.45, 2.75) is 6.61 Å². The number of methoxy groups -OCH3 is 2. The number of anilines is 1. The molecule has 0 spiro atoms.